The van der Waals surface area contributed by atoms with E-state index in [0.717, 1.165) is 39.7 Å². The van der Waals surface area contributed by atoms with E-state index < -0.39 is 17.2 Å². The molecule has 134 valence electrons. The van der Waals surface area contributed by atoms with Gasteiger partial charge in [0.2, 0.25) is 0 Å². The number of carbonyl (C=O) groups excluding carboxylic acids is 2. The van der Waals surface area contributed by atoms with E-state index >= 15 is 0 Å². The molecule has 0 atom stereocenters. The molecule has 2 aliphatic heterocycles. The zero-order valence-corrected chi connectivity index (χ0v) is 16.2. The van der Waals surface area contributed by atoms with Crippen LogP contribution in [0.5, 0.6) is 0 Å². The molecule has 2 aromatic rings. The van der Waals surface area contributed by atoms with Crippen molar-refractivity contribution in [2.24, 2.45) is 7.05 Å². The van der Waals surface area contributed by atoms with E-state index in [9.17, 15) is 9.59 Å². The van der Waals surface area contributed by atoms with Gasteiger partial charge in [-0.3, -0.25) is 14.5 Å². The first kappa shape index (κ1) is 17.1. The summed E-state index contributed by atoms with van der Waals surface area (Å²) < 4.78 is 1.99. The average Bonchev–Trinajstić information content (AvgIpc) is 3.12. The standard InChI is InChI=1S/C20H21N3O2S/c1-5-12-8-14-13(11-26-19-21-6-7-22(19)4)10-20(2,3)23-16(14)15(9-12)17(24)18(23)25/h6-10H,5,11H2,1-4H3. The fourth-order valence-electron chi connectivity index (χ4n) is 3.75. The summed E-state index contributed by atoms with van der Waals surface area (Å²) in [5, 5.41) is 0.946. The summed E-state index contributed by atoms with van der Waals surface area (Å²) in [7, 11) is 1.98. The molecule has 4 rings (SSSR count). The van der Waals surface area contributed by atoms with E-state index in [-0.39, 0.29) is 0 Å². The van der Waals surface area contributed by atoms with Crippen LogP contribution in [0.4, 0.5) is 5.69 Å². The van der Waals surface area contributed by atoms with Crippen LogP contribution in [-0.2, 0) is 18.3 Å². The molecule has 26 heavy (non-hydrogen) atoms. The first-order valence-electron chi connectivity index (χ1n) is 8.71. The van der Waals surface area contributed by atoms with E-state index in [1.807, 2.05) is 37.7 Å². The van der Waals surface area contributed by atoms with Crippen LogP contribution < -0.4 is 4.90 Å². The molecule has 0 spiro atoms. The third-order valence-electron chi connectivity index (χ3n) is 5.03. The van der Waals surface area contributed by atoms with Crippen molar-refractivity contribution in [1.29, 1.82) is 0 Å². The highest BCUT2D eigenvalue weighted by molar-refractivity contribution is 7.99. The van der Waals surface area contributed by atoms with Crippen molar-refractivity contribution >= 4 is 34.7 Å². The van der Waals surface area contributed by atoms with Gasteiger partial charge in [-0.1, -0.05) is 24.8 Å². The zero-order chi connectivity index (χ0) is 18.6. The second kappa shape index (κ2) is 5.84. The topological polar surface area (TPSA) is 55.2 Å². The van der Waals surface area contributed by atoms with Crippen LogP contribution >= 0.6 is 11.8 Å². The van der Waals surface area contributed by atoms with Crippen LogP contribution in [0.3, 0.4) is 0 Å². The quantitative estimate of drug-likeness (QED) is 0.613. The fourth-order valence-corrected chi connectivity index (χ4v) is 4.67. The molecule has 5 nitrogen and oxygen atoms in total. The summed E-state index contributed by atoms with van der Waals surface area (Å²) in [5.74, 6) is -0.0769. The van der Waals surface area contributed by atoms with Crippen LogP contribution in [0.1, 0.15) is 42.3 Å². The van der Waals surface area contributed by atoms with Gasteiger partial charge in [-0.05, 0) is 43.5 Å². The molecular formula is C20H21N3O2S. The Morgan fingerprint density at radius 2 is 1.92 bits per heavy atom. The van der Waals surface area contributed by atoms with E-state index in [4.69, 9.17) is 0 Å². The molecule has 1 aromatic carbocycles. The number of benzene rings is 1. The number of nitrogens with zero attached hydrogens (tertiary/aromatic N) is 3. The maximum Gasteiger partial charge on any atom is 0.300 e. The van der Waals surface area contributed by atoms with Gasteiger partial charge in [-0.25, -0.2) is 4.98 Å². The van der Waals surface area contributed by atoms with Gasteiger partial charge >= 0.3 is 0 Å². The minimum absolute atomic E-state index is 0.393. The largest absolute Gasteiger partial charge is 0.329 e. The van der Waals surface area contributed by atoms with Crippen LogP contribution in [0.15, 0.2) is 35.8 Å². The number of thioether (sulfide) groups is 1. The molecule has 1 aromatic heterocycles. The van der Waals surface area contributed by atoms with Crippen LogP contribution in [0.2, 0.25) is 0 Å². The van der Waals surface area contributed by atoms with Gasteiger partial charge < -0.3 is 4.57 Å². The van der Waals surface area contributed by atoms with Gasteiger partial charge in [-0.2, -0.15) is 0 Å². The summed E-state index contributed by atoms with van der Waals surface area (Å²) >= 11 is 1.66. The molecule has 3 heterocycles. The number of rotatable bonds is 4. The molecule has 0 saturated heterocycles. The Bertz CT molecular complexity index is 971. The lowest BCUT2D eigenvalue weighted by atomic mass is 9.87. The molecule has 2 aliphatic rings. The highest BCUT2D eigenvalue weighted by Gasteiger charge is 2.47. The van der Waals surface area contributed by atoms with Crippen molar-refractivity contribution in [3.05, 3.63) is 47.3 Å². The Balaban J connectivity index is 1.82. The smallest absolute Gasteiger partial charge is 0.300 e. The molecule has 6 heteroatoms. The number of Topliss-reactive ketones (excluding diaryl/α,β-unsaturated/α-hetero) is 1. The van der Waals surface area contributed by atoms with Gasteiger partial charge in [0.15, 0.2) is 5.16 Å². The number of hydrogen-bond donors (Lipinski definition) is 0. The number of aromatic nitrogens is 2. The third-order valence-corrected chi connectivity index (χ3v) is 6.13. The van der Waals surface area contributed by atoms with Crippen molar-refractivity contribution in [3.63, 3.8) is 0 Å². The second-order valence-electron chi connectivity index (χ2n) is 7.30. The molecule has 0 radical (unpaired) electrons. The summed E-state index contributed by atoms with van der Waals surface area (Å²) in [6.07, 6.45) is 6.65. The highest BCUT2D eigenvalue weighted by atomic mass is 32.2. The van der Waals surface area contributed by atoms with Crippen molar-refractivity contribution in [2.45, 2.75) is 37.9 Å². The predicted octanol–water partition coefficient (Wildman–Crippen LogP) is 3.48. The molecule has 0 saturated carbocycles. The van der Waals surface area contributed by atoms with Gasteiger partial charge in [0, 0.05) is 30.8 Å². The first-order valence-corrected chi connectivity index (χ1v) is 9.70. The molecule has 0 N–H and O–H groups in total. The van der Waals surface area contributed by atoms with E-state index in [1.54, 1.807) is 22.9 Å². The molecule has 0 bridgehead atoms. The number of amides is 1. The number of anilines is 1. The lowest BCUT2D eigenvalue weighted by Gasteiger charge is -2.39. The van der Waals surface area contributed by atoms with E-state index in [2.05, 4.69) is 24.1 Å². The summed E-state index contributed by atoms with van der Waals surface area (Å²) in [5.41, 5.74) is 4.02. The minimum Gasteiger partial charge on any atom is -0.329 e. The van der Waals surface area contributed by atoms with E-state index in [1.165, 1.54) is 0 Å². The number of ketones is 1. The third kappa shape index (κ3) is 2.43. The number of hydrogen-bond acceptors (Lipinski definition) is 4. The number of imidazole rings is 1. The average molecular weight is 367 g/mol. The number of aryl methyl sites for hydroxylation is 2. The first-order chi connectivity index (χ1) is 12.3. The molecule has 1 amide bonds. The Hall–Kier alpha value is -2.34. The molecular weight excluding hydrogens is 346 g/mol. The van der Waals surface area contributed by atoms with Gasteiger partial charge in [0.25, 0.3) is 11.7 Å². The van der Waals surface area contributed by atoms with E-state index in [0.29, 0.717) is 5.56 Å². The summed E-state index contributed by atoms with van der Waals surface area (Å²) in [4.78, 5) is 31.2. The SMILES string of the molecule is CCc1cc2c3c(c1)C(CSc1nccn1C)=CC(C)(C)N3C(=O)C2=O. The minimum atomic E-state index is -0.531. The Morgan fingerprint density at radius 1 is 1.19 bits per heavy atom. The lowest BCUT2D eigenvalue weighted by Crippen LogP contribution is -2.47. The van der Waals surface area contributed by atoms with Crippen molar-refractivity contribution in [3.8, 4) is 0 Å². The fraction of sp³-hybridized carbons (Fsp3) is 0.350. The highest BCUT2D eigenvalue weighted by Crippen LogP contribution is 2.46. The summed E-state index contributed by atoms with van der Waals surface area (Å²) in [6, 6.07) is 4.00. The predicted molar refractivity (Wildman–Crippen MR) is 104 cm³/mol. The Kier molecular flexibility index (Phi) is 3.84. The van der Waals surface area contributed by atoms with Crippen molar-refractivity contribution < 1.29 is 9.59 Å². The van der Waals surface area contributed by atoms with Gasteiger partial charge in [0.1, 0.15) is 0 Å². The molecule has 0 unspecified atom stereocenters. The van der Waals surface area contributed by atoms with Gasteiger partial charge in [-0.15, -0.1) is 0 Å². The van der Waals surface area contributed by atoms with Gasteiger partial charge in [0.05, 0.1) is 16.8 Å². The Morgan fingerprint density at radius 3 is 2.58 bits per heavy atom. The van der Waals surface area contributed by atoms with Crippen LogP contribution in [0.25, 0.3) is 5.57 Å². The lowest BCUT2D eigenvalue weighted by molar-refractivity contribution is -0.115. The second-order valence-corrected chi connectivity index (χ2v) is 8.24. The maximum absolute atomic E-state index is 12.6. The van der Waals surface area contributed by atoms with Crippen LogP contribution in [-0.4, -0.2) is 32.5 Å². The van der Waals surface area contributed by atoms with Crippen molar-refractivity contribution in [1.82, 2.24) is 9.55 Å². The van der Waals surface area contributed by atoms with Crippen molar-refractivity contribution in [2.75, 3.05) is 10.7 Å². The summed E-state index contributed by atoms with van der Waals surface area (Å²) in [6.45, 7) is 6.02. The zero-order valence-electron chi connectivity index (χ0n) is 15.4. The monoisotopic (exact) mass is 367 g/mol. The Labute approximate surface area is 157 Å². The molecule has 0 fully saturated rings. The maximum atomic E-state index is 12.6. The van der Waals surface area contributed by atoms with Crippen LogP contribution in [0, 0.1) is 0 Å². The number of carbonyl (C=O) groups is 2. The molecule has 0 aliphatic carbocycles. The normalized spacial score (nSPS) is 17.5.